The number of hydrogen-bond acceptors (Lipinski definition) is 1. The van der Waals surface area contributed by atoms with E-state index < -0.39 is 0 Å². The molecule has 12 heavy (non-hydrogen) atoms. The van der Waals surface area contributed by atoms with Crippen molar-refractivity contribution < 1.29 is 0 Å². The number of rotatable bonds is 0. The third kappa shape index (κ3) is 1.20. The van der Waals surface area contributed by atoms with Gasteiger partial charge in [-0.3, -0.25) is 0 Å². The van der Waals surface area contributed by atoms with Crippen molar-refractivity contribution in [1.82, 2.24) is 0 Å². The van der Waals surface area contributed by atoms with Gasteiger partial charge < -0.3 is 5.32 Å². The van der Waals surface area contributed by atoms with Crippen LogP contribution >= 0.6 is 0 Å². The minimum atomic E-state index is 0.611. The van der Waals surface area contributed by atoms with Crippen LogP contribution in [0.3, 0.4) is 0 Å². The number of nitrogens with one attached hydrogen (secondary N) is 1. The Bertz CT molecular complexity index is 251. The van der Waals surface area contributed by atoms with Gasteiger partial charge in [0.15, 0.2) is 0 Å². The first-order chi connectivity index (χ1) is 5.77. The van der Waals surface area contributed by atoms with Gasteiger partial charge in [-0.2, -0.15) is 0 Å². The van der Waals surface area contributed by atoms with E-state index in [9.17, 15) is 0 Å². The van der Waals surface area contributed by atoms with E-state index in [0.717, 1.165) is 5.92 Å². The van der Waals surface area contributed by atoms with Crippen molar-refractivity contribution in [2.75, 3.05) is 5.32 Å². The van der Waals surface area contributed by atoms with Crippen molar-refractivity contribution in [3.63, 3.8) is 0 Å². The zero-order valence-electron chi connectivity index (χ0n) is 7.67. The first-order valence-electron chi connectivity index (χ1n) is 4.62. The lowest BCUT2D eigenvalue weighted by atomic mass is 9.90. The molecule has 0 radical (unpaired) electrons. The Morgan fingerprint density at radius 2 is 2.00 bits per heavy atom. The first-order valence-corrected chi connectivity index (χ1v) is 4.62. The normalized spacial score (nSPS) is 27.5. The molecule has 2 atom stereocenters. The number of hydrogen-bond donors (Lipinski definition) is 1. The molecular formula is C11H15N. The van der Waals surface area contributed by atoms with Crippen molar-refractivity contribution in [2.45, 2.75) is 26.3 Å². The minimum Gasteiger partial charge on any atom is -0.382 e. The van der Waals surface area contributed by atoms with Gasteiger partial charge in [0, 0.05) is 11.7 Å². The molecule has 1 aliphatic heterocycles. The monoisotopic (exact) mass is 161 g/mol. The number of benzene rings is 1. The van der Waals surface area contributed by atoms with Crippen molar-refractivity contribution in [1.29, 1.82) is 0 Å². The van der Waals surface area contributed by atoms with E-state index in [1.165, 1.54) is 17.7 Å². The van der Waals surface area contributed by atoms with Gasteiger partial charge in [-0.1, -0.05) is 25.1 Å². The maximum Gasteiger partial charge on any atom is 0.0374 e. The highest BCUT2D eigenvalue weighted by molar-refractivity contribution is 5.53. The van der Waals surface area contributed by atoms with E-state index in [4.69, 9.17) is 0 Å². The van der Waals surface area contributed by atoms with Gasteiger partial charge in [-0.25, -0.2) is 0 Å². The summed E-state index contributed by atoms with van der Waals surface area (Å²) in [7, 11) is 0. The van der Waals surface area contributed by atoms with Crippen molar-refractivity contribution in [3.8, 4) is 0 Å². The van der Waals surface area contributed by atoms with Crippen LogP contribution in [0.15, 0.2) is 24.3 Å². The van der Waals surface area contributed by atoms with Crippen LogP contribution in [0.2, 0.25) is 0 Å². The van der Waals surface area contributed by atoms with Gasteiger partial charge in [-0.05, 0) is 30.9 Å². The fourth-order valence-electron chi connectivity index (χ4n) is 1.75. The van der Waals surface area contributed by atoms with Crippen molar-refractivity contribution in [3.05, 3.63) is 29.8 Å². The predicted molar refractivity (Wildman–Crippen MR) is 52.4 cm³/mol. The summed E-state index contributed by atoms with van der Waals surface area (Å²) in [4.78, 5) is 0. The lowest BCUT2D eigenvalue weighted by molar-refractivity contribution is 0.491. The van der Waals surface area contributed by atoms with Crippen LogP contribution in [0, 0.1) is 5.92 Å². The quantitative estimate of drug-likeness (QED) is 0.617. The zero-order chi connectivity index (χ0) is 8.55. The van der Waals surface area contributed by atoms with Crippen molar-refractivity contribution in [2.24, 2.45) is 5.92 Å². The summed E-state index contributed by atoms with van der Waals surface area (Å²) in [6.45, 7) is 4.55. The highest BCUT2D eigenvalue weighted by atomic mass is 14.9. The van der Waals surface area contributed by atoms with E-state index in [0.29, 0.717) is 6.04 Å². The number of fused-ring (bicyclic) bond motifs is 1. The topological polar surface area (TPSA) is 12.0 Å². The summed E-state index contributed by atoms with van der Waals surface area (Å²) in [5.74, 6) is 0.750. The summed E-state index contributed by atoms with van der Waals surface area (Å²) in [5.41, 5.74) is 2.78. The fourth-order valence-corrected chi connectivity index (χ4v) is 1.75. The molecule has 1 nitrogen and oxygen atoms in total. The maximum atomic E-state index is 3.51. The van der Waals surface area contributed by atoms with Crippen LogP contribution in [-0.2, 0) is 6.42 Å². The third-order valence-electron chi connectivity index (χ3n) is 2.80. The lowest BCUT2D eigenvalue weighted by Crippen LogP contribution is -2.30. The highest BCUT2D eigenvalue weighted by Crippen LogP contribution is 2.27. The molecule has 1 heterocycles. The van der Waals surface area contributed by atoms with Gasteiger partial charge in [0.05, 0.1) is 0 Å². The fraction of sp³-hybridized carbons (Fsp3) is 0.455. The smallest absolute Gasteiger partial charge is 0.0374 e. The van der Waals surface area contributed by atoms with Crippen LogP contribution in [0.25, 0.3) is 0 Å². The second-order valence-corrected chi connectivity index (χ2v) is 3.77. The lowest BCUT2D eigenvalue weighted by Gasteiger charge is -2.29. The van der Waals surface area contributed by atoms with Gasteiger partial charge in [-0.15, -0.1) is 0 Å². The zero-order valence-corrected chi connectivity index (χ0v) is 7.67. The molecule has 2 rings (SSSR count). The van der Waals surface area contributed by atoms with Gasteiger partial charge in [0.2, 0.25) is 0 Å². The molecule has 1 N–H and O–H groups in total. The molecule has 0 unspecified atom stereocenters. The maximum absolute atomic E-state index is 3.51. The Hall–Kier alpha value is -0.980. The second-order valence-electron chi connectivity index (χ2n) is 3.77. The molecule has 0 saturated carbocycles. The summed E-state index contributed by atoms with van der Waals surface area (Å²) >= 11 is 0. The molecule has 0 aromatic heterocycles. The molecule has 0 fully saturated rings. The Kier molecular flexibility index (Phi) is 1.80. The summed E-state index contributed by atoms with van der Waals surface area (Å²) in [5, 5.41) is 3.51. The average Bonchev–Trinajstić information content (AvgIpc) is 2.07. The van der Waals surface area contributed by atoms with Crippen molar-refractivity contribution >= 4 is 5.69 Å². The Labute approximate surface area is 73.8 Å². The number of para-hydroxylation sites is 1. The molecular weight excluding hydrogens is 146 g/mol. The molecule has 1 aliphatic rings. The molecule has 0 saturated heterocycles. The van der Waals surface area contributed by atoms with Crippen LogP contribution in [-0.4, -0.2) is 6.04 Å². The van der Waals surface area contributed by atoms with Crippen LogP contribution in [0.5, 0.6) is 0 Å². The minimum absolute atomic E-state index is 0.611. The molecule has 0 bridgehead atoms. The molecule has 1 heteroatoms. The molecule has 0 amide bonds. The molecule has 1 aromatic carbocycles. The number of anilines is 1. The van der Waals surface area contributed by atoms with E-state index in [2.05, 4.69) is 43.4 Å². The Morgan fingerprint density at radius 3 is 2.83 bits per heavy atom. The molecule has 0 aliphatic carbocycles. The second kappa shape index (κ2) is 2.81. The summed E-state index contributed by atoms with van der Waals surface area (Å²) < 4.78 is 0. The largest absolute Gasteiger partial charge is 0.382 e. The van der Waals surface area contributed by atoms with Gasteiger partial charge >= 0.3 is 0 Å². The standard InChI is InChI=1S/C11H15N/c1-8-7-10-5-3-4-6-11(10)12-9(8)2/h3-6,8-9,12H,7H2,1-2H3/t8-,9-/m0/s1. The van der Waals surface area contributed by atoms with Crippen LogP contribution in [0.1, 0.15) is 19.4 Å². The average molecular weight is 161 g/mol. The van der Waals surface area contributed by atoms with Crippen LogP contribution < -0.4 is 5.32 Å². The Morgan fingerprint density at radius 1 is 1.25 bits per heavy atom. The predicted octanol–water partition coefficient (Wildman–Crippen LogP) is 2.68. The van der Waals surface area contributed by atoms with E-state index in [1.54, 1.807) is 0 Å². The van der Waals surface area contributed by atoms with E-state index in [1.807, 2.05) is 0 Å². The summed E-state index contributed by atoms with van der Waals surface area (Å²) in [6.07, 6.45) is 1.21. The summed E-state index contributed by atoms with van der Waals surface area (Å²) in [6, 6.07) is 9.19. The Balaban J connectivity index is 2.34. The van der Waals surface area contributed by atoms with E-state index in [-0.39, 0.29) is 0 Å². The van der Waals surface area contributed by atoms with Crippen LogP contribution in [0.4, 0.5) is 5.69 Å². The highest BCUT2D eigenvalue weighted by Gasteiger charge is 2.19. The molecule has 64 valence electrons. The van der Waals surface area contributed by atoms with Gasteiger partial charge in [0.25, 0.3) is 0 Å². The van der Waals surface area contributed by atoms with Gasteiger partial charge in [0.1, 0.15) is 0 Å². The molecule has 1 aromatic rings. The first kappa shape index (κ1) is 7.66. The van der Waals surface area contributed by atoms with E-state index >= 15 is 0 Å². The molecule has 0 spiro atoms. The third-order valence-corrected chi connectivity index (χ3v) is 2.80. The SMILES string of the molecule is C[C@@H]1Nc2ccccc2C[C@@H]1C.